The second-order valence-corrected chi connectivity index (χ2v) is 6.97. The largest absolute Gasteiger partial charge is 0.389 e. The Bertz CT molecular complexity index is 491. The molecular weight excluding hydrogens is 268 g/mol. The molecule has 0 spiro atoms. The van der Waals surface area contributed by atoms with Crippen molar-refractivity contribution in [3.63, 3.8) is 0 Å². The maximum atomic E-state index is 12.1. The smallest absolute Gasteiger partial charge is 0.224 e. The summed E-state index contributed by atoms with van der Waals surface area (Å²) in [4.78, 5) is 12.4. The van der Waals surface area contributed by atoms with Crippen molar-refractivity contribution in [2.24, 2.45) is 17.1 Å². The molecule has 4 heteroatoms. The Balaban J connectivity index is 2.66. The van der Waals surface area contributed by atoms with Gasteiger partial charge < -0.3 is 11.1 Å². The first-order valence-electron chi connectivity index (χ1n) is 6.88. The molecule has 1 rings (SSSR count). The molecule has 0 saturated heterocycles. The molecule has 0 aliphatic heterocycles. The van der Waals surface area contributed by atoms with Crippen molar-refractivity contribution in [2.75, 3.05) is 5.32 Å². The first-order chi connectivity index (χ1) is 9.19. The van der Waals surface area contributed by atoms with Gasteiger partial charge in [0.25, 0.3) is 0 Å². The van der Waals surface area contributed by atoms with Crippen molar-refractivity contribution in [1.82, 2.24) is 0 Å². The van der Waals surface area contributed by atoms with Gasteiger partial charge >= 0.3 is 0 Å². The van der Waals surface area contributed by atoms with Gasteiger partial charge in [-0.1, -0.05) is 52.0 Å². The molecule has 1 atom stereocenters. The van der Waals surface area contributed by atoms with Crippen LogP contribution in [0.25, 0.3) is 0 Å². The zero-order valence-corrected chi connectivity index (χ0v) is 13.5. The van der Waals surface area contributed by atoms with Gasteiger partial charge in [-0.3, -0.25) is 4.79 Å². The van der Waals surface area contributed by atoms with E-state index in [9.17, 15) is 4.79 Å². The molecule has 110 valence electrons. The first kappa shape index (κ1) is 16.6. The molecule has 0 radical (unpaired) electrons. The Morgan fingerprint density at radius 1 is 1.35 bits per heavy atom. The Hall–Kier alpha value is -1.42. The van der Waals surface area contributed by atoms with E-state index in [4.69, 9.17) is 18.0 Å². The van der Waals surface area contributed by atoms with Crippen LogP contribution in [0, 0.1) is 11.3 Å². The standard InChI is InChI=1S/C16H24N2OS/c1-11(10-16(2,3)4)9-14(19)18-13-8-6-5-7-12(13)15(17)20/h5-8,11H,9-10H2,1-4H3,(H2,17,20)(H,18,19). The van der Waals surface area contributed by atoms with Crippen molar-refractivity contribution in [1.29, 1.82) is 0 Å². The first-order valence-corrected chi connectivity index (χ1v) is 7.28. The molecule has 0 aromatic heterocycles. The van der Waals surface area contributed by atoms with Crippen molar-refractivity contribution in [3.05, 3.63) is 29.8 Å². The van der Waals surface area contributed by atoms with Crippen LogP contribution in [0.3, 0.4) is 0 Å². The normalized spacial score (nSPS) is 12.8. The summed E-state index contributed by atoms with van der Waals surface area (Å²) >= 11 is 4.99. The Kier molecular flexibility index (Phi) is 5.69. The van der Waals surface area contributed by atoms with E-state index in [1.54, 1.807) is 0 Å². The molecule has 3 N–H and O–H groups in total. The molecule has 1 aromatic rings. The zero-order valence-electron chi connectivity index (χ0n) is 12.7. The van der Waals surface area contributed by atoms with Crippen molar-refractivity contribution in [3.8, 4) is 0 Å². The third-order valence-corrected chi connectivity index (χ3v) is 3.18. The molecule has 1 aromatic carbocycles. The predicted octanol–water partition coefficient (Wildman–Crippen LogP) is 3.72. The topological polar surface area (TPSA) is 55.1 Å². The van der Waals surface area contributed by atoms with Crippen LogP contribution in [0.1, 0.15) is 46.1 Å². The summed E-state index contributed by atoms with van der Waals surface area (Å²) < 4.78 is 0. The zero-order chi connectivity index (χ0) is 15.3. The van der Waals surface area contributed by atoms with Crippen LogP contribution in [0.4, 0.5) is 5.69 Å². The molecule has 0 bridgehead atoms. The molecule has 3 nitrogen and oxygen atoms in total. The summed E-state index contributed by atoms with van der Waals surface area (Å²) in [6, 6.07) is 7.35. The van der Waals surface area contributed by atoms with E-state index in [1.807, 2.05) is 24.3 Å². The van der Waals surface area contributed by atoms with E-state index in [0.29, 0.717) is 28.6 Å². The second kappa shape index (κ2) is 6.84. The number of amides is 1. The van der Waals surface area contributed by atoms with Gasteiger partial charge in [-0.25, -0.2) is 0 Å². The number of benzene rings is 1. The number of hydrogen-bond donors (Lipinski definition) is 2. The van der Waals surface area contributed by atoms with E-state index in [2.05, 4.69) is 33.0 Å². The molecule has 1 unspecified atom stereocenters. The minimum Gasteiger partial charge on any atom is -0.389 e. The van der Waals surface area contributed by atoms with E-state index < -0.39 is 0 Å². The summed E-state index contributed by atoms with van der Waals surface area (Å²) in [5, 5.41) is 2.90. The third-order valence-electron chi connectivity index (χ3n) is 2.96. The van der Waals surface area contributed by atoms with Gasteiger partial charge in [-0.15, -0.1) is 0 Å². The molecule has 0 fully saturated rings. The summed E-state index contributed by atoms with van der Waals surface area (Å²) in [6.07, 6.45) is 1.51. The van der Waals surface area contributed by atoms with E-state index in [-0.39, 0.29) is 11.3 Å². The number of carbonyl (C=O) groups excluding carboxylic acids is 1. The fourth-order valence-electron chi connectivity index (χ4n) is 2.44. The SMILES string of the molecule is CC(CC(=O)Nc1ccccc1C(N)=S)CC(C)(C)C. The van der Waals surface area contributed by atoms with Crippen molar-refractivity contribution >= 4 is 28.8 Å². The van der Waals surface area contributed by atoms with Crippen molar-refractivity contribution < 1.29 is 4.79 Å². The molecule has 0 aliphatic carbocycles. The highest BCUT2D eigenvalue weighted by Crippen LogP contribution is 2.26. The van der Waals surface area contributed by atoms with Gasteiger partial charge in [0, 0.05) is 12.0 Å². The number of anilines is 1. The lowest BCUT2D eigenvalue weighted by Gasteiger charge is -2.23. The van der Waals surface area contributed by atoms with Gasteiger partial charge in [0.1, 0.15) is 4.99 Å². The van der Waals surface area contributed by atoms with Crippen LogP contribution in [0.15, 0.2) is 24.3 Å². The van der Waals surface area contributed by atoms with E-state index in [1.165, 1.54) is 0 Å². The number of thiocarbonyl (C=S) groups is 1. The molecule has 0 saturated carbocycles. The van der Waals surface area contributed by atoms with Gasteiger partial charge in [0.15, 0.2) is 0 Å². The number of hydrogen-bond acceptors (Lipinski definition) is 2. The second-order valence-electron chi connectivity index (χ2n) is 6.53. The number of nitrogens with two attached hydrogens (primary N) is 1. The summed E-state index contributed by atoms with van der Waals surface area (Å²) in [5.74, 6) is 0.345. The fourth-order valence-corrected chi connectivity index (χ4v) is 2.62. The van der Waals surface area contributed by atoms with Gasteiger partial charge in [-0.2, -0.15) is 0 Å². The van der Waals surface area contributed by atoms with Crippen LogP contribution in [0.5, 0.6) is 0 Å². The average molecular weight is 292 g/mol. The number of carbonyl (C=O) groups is 1. The Morgan fingerprint density at radius 2 is 1.95 bits per heavy atom. The fraction of sp³-hybridized carbons (Fsp3) is 0.500. The minimum atomic E-state index is 0.00505. The predicted molar refractivity (Wildman–Crippen MR) is 88.8 cm³/mol. The molecule has 0 aliphatic rings. The van der Waals surface area contributed by atoms with Gasteiger partial charge in [0.2, 0.25) is 5.91 Å². The molecule has 20 heavy (non-hydrogen) atoms. The summed E-state index contributed by atoms with van der Waals surface area (Å²) in [5.41, 5.74) is 7.28. The van der Waals surface area contributed by atoms with Crippen LogP contribution in [0.2, 0.25) is 0 Å². The maximum absolute atomic E-state index is 12.1. The van der Waals surface area contributed by atoms with Crippen LogP contribution < -0.4 is 11.1 Å². The monoisotopic (exact) mass is 292 g/mol. The molecule has 1 amide bonds. The highest BCUT2D eigenvalue weighted by molar-refractivity contribution is 7.80. The van der Waals surface area contributed by atoms with Crippen LogP contribution in [-0.4, -0.2) is 10.9 Å². The van der Waals surface area contributed by atoms with Gasteiger partial charge in [-0.05, 0) is 29.9 Å². The molecule has 0 heterocycles. The molecular formula is C16H24N2OS. The average Bonchev–Trinajstić information content (AvgIpc) is 2.26. The Labute approximate surface area is 126 Å². The van der Waals surface area contributed by atoms with Crippen LogP contribution in [-0.2, 0) is 4.79 Å². The van der Waals surface area contributed by atoms with Crippen LogP contribution >= 0.6 is 12.2 Å². The summed E-state index contributed by atoms with van der Waals surface area (Å²) in [7, 11) is 0. The summed E-state index contributed by atoms with van der Waals surface area (Å²) in [6.45, 7) is 8.65. The lowest BCUT2D eigenvalue weighted by atomic mass is 9.84. The number of nitrogens with one attached hydrogen (secondary N) is 1. The number of para-hydroxylation sites is 1. The van der Waals surface area contributed by atoms with Gasteiger partial charge in [0.05, 0.1) is 5.69 Å². The maximum Gasteiger partial charge on any atom is 0.224 e. The third kappa shape index (κ3) is 5.70. The highest BCUT2D eigenvalue weighted by atomic mass is 32.1. The Morgan fingerprint density at radius 3 is 2.50 bits per heavy atom. The van der Waals surface area contributed by atoms with Crippen molar-refractivity contribution in [2.45, 2.75) is 40.5 Å². The van der Waals surface area contributed by atoms with E-state index >= 15 is 0 Å². The minimum absolute atomic E-state index is 0.00505. The number of rotatable bonds is 5. The highest BCUT2D eigenvalue weighted by Gasteiger charge is 2.18. The lowest BCUT2D eigenvalue weighted by Crippen LogP contribution is -2.21. The quantitative estimate of drug-likeness (QED) is 0.813. The van der Waals surface area contributed by atoms with E-state index in [0.717, 1.165) is 6.42 Å². The lowest BCUT2D eigenvalue weighted by molar-refractivity contribution is -0.117.